The Morgan fingerprint density at radius 1 is 1.57 bits per heavy atom. The number of hydrogen-bond donors (Lipinski definition) is 0. The Hall–Kier alpha value is -1.84. The zero-order chi connectivity index (χ0) is 15.5. The molecule has 1 aliphatic rings. The molecule has 4 heteroatoms. The lowest BCUT2D eigenvalue weighted by molar-refractivity contribution is 0.0514. The van der Waals surface area contributed by atoms with Gasteiger partial charge in [0.1, 0.15) is 0 Å². The Kier molecular flexibility index (Phi) is 4.66. The minimum Gasteiger partial charge on any atom is -0.461 e. The summed E-state index contributed by atoms with van der Waals surface area (Å²) in [6, 6.07) is 1.61. The van der Waals surface area contributed by atoms with Gasteiger partial charge in [0.15, 0.2) is 11.5 Å². The standard InChI is InChI=1S/C17H23NO3/c1-5-20-16(19)15-11-13(21-18-15)8-9-14-12(2)7-6-10-17(14,3)4/h7-9,11,14H,5-6,10H2,1-4H3/b9-8+. The molecule has 0 amide bonds. The number of carbonyl (C=O) groups excluding carboxylic acids is 1. The molecule has 114 valence electrons. The van der Waals surface area contributed by atoms with E-state index in [1.165, 1.54) is 12.0 Å². The van der Waals surface area contributed by atoms with Gasteiger partial charge < -0.3 is 9.26 Å². The number of ether oxygens (including phenoxy) is 1. The molecule has 1 aromatic heterocycles. The molecule has 0 N–H and O–H groups in total. The largest absolute Gasteiger partial charge is 0.461 e. The summed E-state index contributed by atoms with van der Waals surface area (Å²) < 4.78 is 10.1. The van der Waals surface area contributed by atoms with Gasteiger partial charge >= 0.3 is 5.97 Å². The van der Waals surface area contributed by atoms with Crippen molar-refractivity contribution in [2.45, 2.75) is 40.5 Å². The van der Waals surface area contributed by atoms with Crippen LogP contribution in [0.4, 0.5) is 0 Å². The summed E-state index contributed by atoms with van der Waals surface area (Å²) in [6.07, 6.45) is 8.64. The fourth-order valence-electron chi connectivity index (χ4n) is 2.84. The highest BCUT2D eigenvalue weighted by atomic mass is 16.5. The molecule has 1 atom stereocenters. The molecule has 1 heterocycles. The van der Waals surface area contributed by atoms with Crippen molar-refractivity contribution in [1.82, 2.24) is 5.16 Å². The van der Waals surface area contributed by atoms with Gasteiger partial charge in [0.25, 0.3) is 0 Å². The van der Waals surface area contributed by atoms with Crippen LogP contribution in [0.2, 0.25) is 0 Å². The number of carbonyl (C=O) groups is 1. The molecule has 0 spiro atoms. The van der Waals surface area contributed by atoms with E-state index in [-0.39, 0.29) is 11.1 Å². The predicted molar refractivity (Wildman–Crippen MR) is 81.8 cm³/mol. The van der Waals surface area contributed by atoms with Crippen LogP contribution in [0.1, 0.15) is 56.8 Å². The van der Waals surface area contributed by atoms with E-state index in [1.807, 2.05) is 6.08 Å². The van der Waals surface area contributed by atoms with E-state index >= 15 is 0 Å². The molecular weight excluding hydrogens is 266 g/mol. The first kappa shape index (κ1) is 15.5. The van der Waals surface area contributed by atoms with Crippen molar-refractivity contribution < 1.29 is 14.1 Å². The molecule has 0 fully saturated rings. The van der Waals surface area contributed by atoms with E-state index in [0.29, 0.717) is 18.3 Å². The van der Waals surface area contributed by atoms with Crippen LogP contribution < -0.4 is 0 Å². The van der Waals surface area contributed by atoms with E-state index in [4.69, 9.17) is 9.26 Å². The molecule has 1 unspecified atom stereocenters. The number of hydrogen-bond acceptors (Lipinski definition) is 4. The number of rotatable bonds is 4. The van der Waals surface area contributed by atoms with Crippen LogP contribution in [0.3, 0.4) is 0 Å². The fraction of sp³-hybridized carbons (Fsp3) is 0.529. The van der Waals surface area contributed by atoms with Crippen LogP contribution in [0.25, 0.3) is 6.08 Å². The van der Waals surface area contributed by atoms with Gasteiger partial charge in [-0.3, -0.25) is 0 Å². The van der Waals surface area contributed by atoms with Crippen LogP contribution >= 0.6 is 0 Å². The third-order valence-corrected chi connectivity index (χ3v) is 4.05. The highest BCUT2D eigenvalue weighted by Gasteiger charge is 2.30. The van der Waals surface area contributed by atoms with E-state index in [9.17, 15) is 4.79 Å². The highest BCUT2D eigenvalue weighted by Crippen LogP contribution is 2.41. The van der Waals surface area contributed by atoms with Crippen LogP contribution in [0.15, 0.2) is 28.3 Å². The maximum absolute atomic E-state index is 11.5. The second-order valence-electron chi connectivity index (χ2n) is 6.15. The third kappa shape index (κ3) is 3.63. The SMILES string of the molecule is CCOC(=O)c1cc(/C=C/C2C(C)=CCCC2(C)C)on1. The molecule has 0 saturated heterocycles. The molecular formula is C17H23NO3. The van der Waals surface area contributed by atoms with Gasteiger partial charge in [-0.2, -0.15) is 0 Å². The zero-order valence-corrected chi connectivity index (χ0v) is 13.2. The van der Waals surface area contributed by atoms with Gasteiger partial charge in [-0.25, -0.2) is 4.79 Å². The first-order chi connectivity index (χ1) is 9.94. The van der Waals surface area contributed by atoms with Gasteiger partial charge in [0.2, 0.25) is 0 Å². The second kappa shape index (κ2) is 6.29. The van der Waals surface area contributed by atoms with Crippen LogP contribution in [0.5, 0.6) is 0 Å². The number of allylic oxidation sites excluding steroid dienone is 3. The highest BCUT2D eigenvalue weighted by molar-refractivity contribution is 5.87. The smallest absolute Gasteiger partial charge is 0.360 e. The van der Waals surface area contributed by atoms with Crippen molar-refractivity contribution in [1.29, 1.82) is 0 Å². The Labute approximate surface area is 125 Å². The summed E-state index contributed by atoms with van der Waals surface area (Å²) in [7, 11) is 0. The maximum atomic E-state index is 11.5. The molecule has 0 radical (unpaired) electrons. The lowest BCUT2D eigenvalue weighted by Crippen LogP contribution is -2.26. The average molecular weight is 289 g/mol. The zero-order valence-electron chi connectivity index (χ0n) is 13.2. The van der Waals surface area contributed by atoms with E-state index < -0.39 is 5.97 Å². The fourth-order valence-corrected chi connectivity index (χ4v) is 2.84. The molecule has 21 heavy (non-hydrogen) atoms. The Morgan fingerprint density at radius 3 is 3.00 bits per heavy atom. The first-order valence-corrected chi connectivity index (χ1v) is 7.42. The number of esters is 1. The predicted octanol–water partition coefficient (Wildman–Crippen LogP) is 4.25. The summed E-state index contributed by atoms with van der Waals surface area (Å²) in [5, 5.41) is 3.74. The van der Waals surface area contributed by atoms with Gasteiger partial charge in [-0.1, -0.05) is 36.7 Å². The molecule has 4 nitrogen and oxygen atoms in total. The van der Waals surface area contributed by atoms with Crippen molar-refractivity contribution >= 4 is 12.0 Å². The molecule has 2 rings (SSSR count). The van der Waals surface area contributed by atoms with Crippen molar-refractivity contribution in [3.05, 3.63) is 35.2 Å². The van der Waals surface area contributed by atoms with Crippen molar-refractivity contribution in [2.75, 3.05) is 6.61 Å². The average Bonchev–Trinajstić information content (AvgIpc) is 2.86. The number of nitrogens with zero attached hydrogens (tertiary/aromatic N) is 1. The van der Waals surface area contributed by atoms with E-state index in [2.05, 4.69) is 38.1 Å². The Balaban J connectivity index is 2.12. The first-order valence-electron chi connectivity index (χ1n) is 7.42. The Morgan fingerprint density at radius 2 is 2.33 bits per heavy atom. The minimum absolute atomic E-state index is 0.215. The van der Waals surface area contributed by atoms with E-state index in [0.717, 1.165) is 6.42 Å². The van der Waals surface area contributed by atoms with Crippen molar-refractivity contribution in [2.24, 2.45) is 11.3 Å². The maximum Gasteiger partial charge on any atom is 0.360 e. The molecule has 0 aromatic carbocycles. The lowest BCUT2D eigenvalue weighted by Gasteiger charge is -2.36. The van der Waals surface area contributed by atoms with Crippen LogP contribution in [-0.2, 0) is 4.74 Å². The summed E-state index contributed by atoms with van der Waals surface area (Å²) >= 11 is 0. The topological polar surface area (TPSA) is 52.3 Å². The summed E-state index contributed by atoms with van der Waals surface area (Å²) in [6.45, 7) is 8.82. The van der Waals surface area contributed by atoms with Gasteiger partial charge in [-0.15, -0.1) is 0 Å². The Bertz CT molecular complexity index is 566. The van der Waals surface area contributed by atoms with Crippen LogP contribution in [0, 0.1) is 11.3 Å². The third-order valence-electron chi connectivity index (χ3n) is 4.05. The van der Waals surface area contributed by atoms with Gasteiger partial charge in [0.05, 0.1) is 6.61 Å². The minimum atomic E-state index is -0.449. The monoisotopic (exact) mass is 289 g/mol. The van der Waals surface area contributed by atoms with Crippen molar-refractivity contribution in [3.8, 4) is 0 Å². The molecule has 0 aliphatic heterocycles. The van der Waals surface area contributed by atoms with Gasteiger partial charge in [0, 0.05) is 12.0 Å². The molecule has 1 aromatic rings. The second-order valence-corrected chi connectivity index (χ2v) is 6.15. The van der Waals surface area contributed by atoms with Crippen molar-refractivity contribution in [3.63, 3.8) is 0 Å². The molecule has 1 aliphatic carbocycles. The summed E-state index contributed by atoms with van der Waals surface area (Å²) in [4.78, 5) is 11.5. The van der Waals surface area contributed by atoms with Gasteiger partial charge in [-0.05, 0) is 38.2 Å². The number of aromatic nitrogens is 1. The molecule has 0 bridgehead atoms. The van der Waals surface area contributed by atoms with Crippen LogP contribution in [-0.4, -0.2) is 17.7 Å². The molecule has 0 saturated carbocycles. The van der Waals surface area contributed by atoms with E-state index in [1.54, 1.807) is 13.0 Å². The lowest BCUT2D eigenvalue weighted by atomic mass is 9.68. The summed E-state index contributed by atoms with van der Waals surface area (Å²) in [5.41, 5.74) is 1.83. The summed E-state index contributed by atoms with van der Waals surface area (Å²) in [5.74, 6) is 0.504. The normalized spacial score (nSPS) is 21.3. The quantitative estimate of drug-likeness (QED) is 0.614.